The van der Waals surface area contributed by atoms with Crippen LogP contribution in [0.1, 0.15) is 26.5 Å². The summed E-state index contributed by atoms with van der Waals surface area (Å²) in [7, 11) is 0. The highest BCUT2D eigenvalue weighted by atomic mass is 16.3. The van der Waals surface area contributed by atoms with Gasteiger partial charge >= 0.3 is 0 Å². The highest BCUT2D eigenvalue weighted by Crippen LogP contribution is 2.21. The van der Waals surface area contributed by atoms with Gasteiger partial charge in [-0.25, -0.2) is 4.68 Å². The first kappa shape index (κ1) is 8.11. The van der Waals surface area contributed by atoms with Crippen molar-refractivity contribution in [1.82, 2.24) is 9.78 Å². The Hall–Kier alpha value is -0.990. The molecular formula is C8H14N2O. The Morgan fingerprint density at radius 2 is 2.00 bits per heavy atom. The summed E-state index contributed by atoms with van der Waals surface area (Å²) in [6.07, 6.45) is 0. The molecule has 0 bridgehead atoms. The second kappa shape index (κ2) is 2.26. The van der Waals surface area contributed by atoms with Crippen LogP contribution < -0.4 is 0 Å². The third kappa shape index (κ3) is 1.53. The molecule has 1 aromatic heterocycles. The number of hydrogen-bond donors (Lipinski definition) is 1. The van der Waals surface area contributed by atoms with E-state index in [9.17, 15) is 5.11 Å². The molecule has 0 saturated heterocycles. The molecule has 1 rings (SSSR count). The van der Waals surface area contributed by atoms with Crippen molar-refractivity contribution in [3.63, 3.8) is 0 Å². The molecule has 3 nitrogen and oxygen atoms in total. The molecule has 0 unspecified atom stereocenters. The van der Waals surface area contributed by atoms with E-state index >= 15 is 0 Å². The molecule has 1 aromatic rings. The van der Waals surface area contributed by atoms with E-state index in [0.717, 1.165) is 5.69 Å². The minimum atomic E-state index is -0.141. The van der Waals surface area contributed by atoms with E-state index in [1.54, 1.807) is 10.7 Å². The van der Waals surface area contributed by atoms with Gasteiger partial charge in [-0.3, -0.25) is 0 Å². The van der Waals surface area contributed by atoms with Gasteiger partial charge in [0.1, 0.15) is 0 Å². The predicted molar refractivity (Wildman–Crippen MR) is 43.6 cm³/mol. The highest BCUT2D eigenvalue weighted by molar-refractivity contribution is 5.14. The summed E-state index contributed by atoms with van der Waals surface area (Å²) in [6, 6.07) is 1.66. The molecule has 0 fully saturated rings. The summed E-state index contributed by atoms with van der Waals surface area (Å²) in [5.41, 5.74) is 0.704. The Balaban J connectivity index is 3.13. The SMILES string of the molecule is Cc1cc(O)n(C(C)(C)C)n1. The Kier molecular flexibility index (Phi) is 1.66. The monoisotopic (exact) mass is 154 g/mol. The lowest BCUT2D eigenvalue weighted by atomic mass is 10.1. The van der Waals surface area contributed by atoms with E-state index in [1.165, 1.54) is 0 Å². The summed E-state index contributed by atoms with van der Waals surface area (Å²) in [5.74, 6) is 0.231. The Morgan fingerprint density at radius 3 is 2.18 bits per heavy atom. The molecule has 0 radical (unpaired) electrons. The summed E-state index contributed by atoms with van der Waals surface area (Å²) in [5, 5.41) is 13.5. The van der Waals surface area contributed by atoms with Crippen LogP contribution in [0.5, 0.6) is 5.88 Å². The van der Waals surface area contributed by atoms with Crippen LogP contribution in [0.3, 0.4) is 0 Å². The van der Waals surface area contributed by atoms with Gasteiger partial charge in [0, 0.05) is 6.07 Å². The lowest BCUT2D eigenvalue weighted by molar-refractivity contribution is 0.294. The Morgan fingerprint density at radius 1 is 1.45 bits per heavy atom. The molecule has 0 aliphatic heterocycles. The van der Waals surface area contributed by atoms with E-state index in [1.807, 2.05) is 27.7 Å². The van der Waals surface area contributed by atoms with Gasteiger partial charge in [-0.1, -0.05) is 0 Å². The smallest absolute Gasteiger partial charge is 0.209 e. The van der Waals surface area contributed by atoms with Crippen LogP contribution in [0.25, 0.3) is 0 Å². The third-order valence-corrected chi connectivity index (χ3v) is 1.45. The van der Waals surface area contributed by atoms with Crippen molar-refractivity contribution < 1.29 is 5.11 Å². The van der Waals surface area contributed by atoms with E-state index in [-0.39, 0.29) is 11.4 Å². The van der Waals surface area contributed by atoms with Crippen molar-refractivity contribution in [3.8, 4) is 5.88 Å². The molecule has 0 aliphatic carbocycles. The van der Waals surface area contributed by atoms with Gasteiger partial charge in [-0.05, 0) is 27.7 Å². The van der Waals surface area contributed by atoms with Gasteiger partial charge < -0.3 is 5.11 Å². The molecule has 3 heteroatoms. The van der Waals surface area contributed by atoms with Crippen LogP contribution in [0.2, 0.25) is 0 Å². The van der Waals surface area contributed by atoms with Crippen LogP contribution >= 0.6 is 0 Å². The van der Waals surface area contributed by atoms with Gasteiger partial charge in [-0.15, -0.1) is 0 Å². The van der Waals surface area contributed by atoms with Crippen molar-refractivity contribution >= 4 is 0 Å². The zero-order valence-corrected chi connectivity index (χ0v) is 7.42. The van der Waals surface area contributed by atoms with E-state index in [2.05, 4.69) is 5.10 Å². The number of rotatable bonds is 0. The summed E-state index contributed by atoms with van der Waals surface area (Å²) < 4.78 is 1.61. The number of aromatic nitrogens is 2. The molecule has 0 saturated carbocycles. The standard InChI is InChI=1S/C8H14N2O/c1-6-5-7(11)10(9-6)8(2,3)4/h5,11H,1-4H3. The lowest BCUT2D eigenvalue weighted by Crippen LogP contribution is -2.22. The maximum Gasteiger partial charge on any atom is 0.209 e. The molecule has 0 spiro atoms. The third-order valence-electron chi connectivity index (χ3n) is 1.45. The topological polar surface area (TPSA) is 38.0 Å². The van der Waals surface area contributed by atoms with Crippen molar-refractivity contribution in [3.05, 3.63) is 11.8 Å². The van der Waals surface area contributed by atoms with Gasteiger partial charge in [0.15, 0.2) is 0 Å². The number of aromatic hydroxyl groups is 1. The molecule has 0 aromatic carbocycles. The zero-order chi connectivity index (χ0) is 8.65. The second-order valence-corrected chi connectivity index (χ2v) is 3.73. The highest BCUT2D eigenvalue weighted by Gasteiger charge is 2.17. The summed E-state index contributed by atoms with van der Waals surface area (Å²) in [4.78, 5) is 0. The maximum atomic E-state index is 9.37. The molecule has 11 heavy (non-hydrogen) atoms. The average molecular weight is 154 g/mol. The van der Waals surface area contributed by atoms with Gasteiger partial charge in [-0.2, -0.15) is 5.10 Å². The molecular weight excluding hydrogens is 140 g/mol. The predicted octanol–water partition coefficient (Wildman–Crippen LogP) is 1.65. The lowest BCUT2D eigenvalue weighted by Gasteiger charge is -2.19. The Bertz CT molecular complexity index is 258. The van der Waals surface area contributed by atoms with Crippen molar-refractivity contribution in [2.24, 2.45) is 0 Å². The fourth-order valence-electron chi connectivity index (χ4n) is 0.979. The molecule has 0 amide bonds. The number of hydrogen-bond acceptors (Lipinski definition) is 2. The van der Waals surface area contributed by atoms with E-state index in [0.29, 0.717) is 0 Å². The summed E-state index contributed by atoms with van der Waals surface area (Å²) >= 11 is 0. The van der Waals surface area contributed by atoms with Crippen LogP contribution in [-0.4, -0.2) is 14.9 Å². The van der Waals surface area contributed by atoms with Crippen molar-refractivity contribution in [1.29, 1.82) is 0 Å². The van der Waals surface area contributed by atoms with Crippen LogP contribution in [0, 0.1) is 6.92 Å². The molecule has 62 valence electrons. The fourth-order valence-corrected chi connectivity index (χ4v) is 0.979. The number of nitrogens with zero attached hydrogens (tertiary/aromatic N) is 2. The van der Waals surface area contributed by atoms with Crippen molar-refractivity contribution in [2.45, 2.75) is 33.2 Å². The molecule has 1 heterocycles. The van der Waals surface area contributed by atoms with Gasteiger partial charge in [0.05, 0.1) is 11.2 Å². The van der Waals surface area contributed by atoms with E-state index < -0.39 is 0 Å². The fraction of sp³-hybridized carbons (Fsp3) is 0.625. The van der Waals surface area contributed by atoms with Gasteiger partial charge in [0.25, 0.3) is 0 Å². The first-order valence-corrected chi connectivity index (χ1v) is 3.67. The number of aryl methyl sites for hydroxylation is 1. The summed E-state index contributed by atoms with van der Waals surface area (Å²) in [6.45, 7) is 7.86. The van der Waals surface area contributed by atoms with Gasteiger partial charge in [0.2, 0.25) is 5.88 Å². The largest absolute Gasteiger partial charge is 0.493 e. The normalized spacial score (nSPS) is 12.0. The minimum absolute atomic E-state index is 0.141. The first-order valence-electron chi connectivity index (χ1n) is 3.67. The Labute approximate surface area is 66.7 Å². The van der Waals surface area contributed by atoms with Crippen LogP contribution in [0.15, 0.2) is 6.07 Å². The minimum Gasteiger partial charge on any atom is -0.493 e. The van der Waals surface area contributed by atoms with Crippen molar-refractivity contribution in [2.75, 3.05) is 0 Å². The van der Waals surface area contributed by atoms with E-state index in [4.69, 9.17) is 0 Å². The maximum absolute atomic E-state index is 9.37. The molecule has 0 aliphatic rings. The second-order valence-electron chi connectivity index (χ2n) is 3.73. The van der Waals surface area contributed by atoms with Crippen LogP contribution in [0.4, 0.5) is 0 Å². The first-order chi connectivity index (χ1) is 4.91. The quantitative estimate of drug-likeness (QED) is 0.617. The van der Waals surface area contributed by atoms with Crippen LogP contribution in [-0.2, 0) is 5.54 Å². The zero-order valence-electron chi connectivity index (χ0n) is 7.42. The molecule has 0 atom stereocenters. The molecule has 1 N–H and O–H groups in total. The average Bonchev–Trinajstić information content (AvgIpc) is 2.08.